The fourth-order valence-corrected chi connectivity index (χ4v) is 1.82. The summed E-state index contributed by atoms with van der Waals surface area (Å²) < 4.78 is 44.1. The van der Waals surface area contributed by atoms with Crippen LogP contribution < -0.4 is 0 Å². The third-order valence-corrected chi connectivity index (χ3v) is 2.87. The Balaban J connectivity index is 3.13. The molecule has 0 unspecified atom stereocenters. The number of hydrogen-bond acceptors (Lipinski definition) is 4. The molecule has 0 atom stereocenters. The van der Waals surface area contributed by atoms with Crippen molar-refractivity contribution >= 4 is 23.3 Å². The highest BCUT2D eigenvalue weighted by molar-refractivity contribution is 7.98. The van der Waals surface area contributed by atoms with Gasteiger partial charge in [-0.25, -0.2) is 0 Å². The summed E-state index contributed by atoms with van der Waals surface area (Å²) in [4.78, 5) is 11.6. The zero-order valence-electron chi connectivity index (χ0n) is 11.6. The number of carbonyl (C=O) groups excluding carboxylic acids is 1. The van der Waals surface area contributed by atoms with E-state index in [4.69, 9.17) is 4.74 Å². The molecule has 0 saturated carbocycles. The molecule has 0 saturated heterocycles. The van der Waals surface area contributed by atoms with Crippen molar-refractivity contribution in [1.29, 1.82) is 0 Å². The van der Waals surface area contributed by atoms with Crippen molar-refractivity contribution < 1.29 is 22.7 Å². The van der Waals surface area contributed by atoms with Gasteiger partial charge in [-0.1, -0.05) is 18.7 Å². The lowest BCUT2D eigenvalue weighted by atomic mass is 10.1. The largest absolute Gasteiger partial charge is 0.453 e. The first-order valence-electron chi connectivity index (χ1n) is 5.92. The fraction of sp³-hybridized carbons (Fsp3) is 0.385. The summed E-state index contributed by atoms with van der Waals surface area (Å²) in [5, 5.41) is 3.44. The summed E-state index contributed by atoms with van der Waals surface area (Å²) in [6, 6.07) is 0.888. The number of halogens is 3. The first-order chi connectivity index (χ1) is 9.83. The second-order valence-electron chi connectivity index (χ2n) is 3.94. The van der Waals surface area contributed by atoms with E-state index in [9.17, 15) is 18.0 Å². The van der Waals surface area contributed by atoms with Crippen molar-refractivity contribution in [2.45, 2.75) is 19.6 Å². The van der Waals surface area contributed by atoms with E-state index in [0.717, 1.165) is 10.7 Å². The third kappa shape index (κ3) is 4.66. The van der Waals surface area contributed by atoms with E-state index in [0.29, 0.717) is 5.57 Å². The Kier molecular flexibility index (Phi) is 6.07. The van der Waals surface area contributed by atoms with Gasteiger partial charge in [0.1, 0.15) is 12.5 Å². The lowest BCUT2D eigenvalue weighted by molar-refractivity contribution is -0.144. The quantitative estimate of drug-likeness (QED) is 0.458. The molecule has 1 rings (SSSR count). The molecule has 0 aliphatic carbocycles. The van der Waals surface area contributed by atoms with Crippen LogP contribution in [0.1, 0.15) is 18.3 Å². The number of alkyl halides is 3. The third-order valence-electron chi connectivity index (χ3n) is 2.51. The van der Waals surface area contributed by atoms with Crippen molar-refractivity contribution in [2.24, 2.45) is 0 Å². The molecule has 0 fully saturated rings. The summed E-state index contributed by atoms with van der Waals surface area (Å²) >= 11 is 1.29. The molecule has 8 heteroatoms. The van der Waals surface area contributed by atoms with Gasteiger partial charge in [0.25, 0.3) is 0 Å². The minimum Gasteiger partial charge on any atom is -0.453 e. The average Bonchev–Trinajstić information content (AvgIpc) is 2.82. The Morgan fingerprint density at radius 2 is 2.24 bits per heavy atom. The van der Waals surface area contributed by atoms with Crippen LogP contribution in [0.3, 0.4) is 0 Å². The van der Waals surface area contributed by atoms with Crippen molar-refractivity contribution in [3.8, 4) is 0 Å². The molecule has 0 aliphatic rings. The number of rotatable bonds is 6. The maximum atomic E-state index is 12.8. The number of esters is 1. The second-order valence-corrected chi connectivity index (χ2v) is 4.75. The van der Waals surface area contributed by atoms with Crippen LogP contribution in [0.15, 0.2) is 24.8 Å². The van der Waals surface area contributed by atoms with E-state index in [1.807, 2.05) is 0 Å². The Morgan fingerprint density at radius 1 is 1.57 bits per heavy atom. The Hall–Kier alpha value is -1.70. The lowest BCUT2D eigenvalue weighted by Gasteiger charge is -2.07. The molecule has 0 aromatic carbocycles. The SMILES string of the molecule is C=C/C(=C\C)c1cc(C(F)(F)F)nn1CC(=O)OCSC. The molecule has 0 aliphatic heterocycles. The molecule has 21 heavy (non-hydrogen) atoms. The topological polar surface area (TPSA) is 44.1 Å². The lowest BCUT2D eigenvalue weighted by Crippen LogP contribution is -2.17. The molecule has 0 bridgehead atoms. The Bertz CT molecular complexity index is 550. The summed E-state index contributed by atoms with van der Waals surface area (Å²) in [7, 11) is 0. The number of ether oxygens (including phenoxy) is 1. The zero-order valence-corrected chi connectivity index (χ0v) is 12.4. The van der Waals surface area contributed by atoms with Gasteiger partial charge in [0.15, 0.2) is 5.69 Å². The second kappa shape index (κ2) is 7.35. The van der Waals surface area contributed by atoms with Gasteiger partial charge in [-0.15, -0.1) is 11.8 Å². The van der Waals surface area contributed by atoms with Crippen LogP contribution in [0, 0.1) is 0 Å². The Labute approximate surface area is 124 Å². The smallest absolute Gasteiger partial charge is 0.435 e. The average molecular weight is 320 g/mol. The molecule has 116 valence electrons. The number of allylic oxidation sites excluding steroid dienone is 3. The maximum Gasteiger partial charge on any atom is 0.435 e. The van der Waals surface area contributed by atoms with E-state index in [1.54, 1.807) is 19.3 Å². The first-order valence-corrected chi connectivity index (χ1v) is 7.31. The van der Waals surface area contributed by atoms with E-state index >= 15 is 0 Å². The van der Waals surface area contributed by atoms with Gasteiger partial charge in [0, 0.05) is 0 Å². The van der Waals surface area contributed by atoms with E-state index in [-0.39, 0.29) is 11.6 Å². The number of thioether (sulfide) groups is 1. The number of aromatic nitrogens is 2. The van der Waals surface area contributed by atoms with Crippen LogP contribution >= 0.6 is 11.8 Å². The van der Waals surface area contributed by atoms with Crippen molar-refractivity contribution in [2.75, 3.05) is 12.2 Å². The molecule has 1 aromatic heterocycles. The van der Waals surface area contributed by atoms with Crippen LogP contribution in [0.2, 0.25) is 0 Å². The summed E-state index contributed by atoms with van der Waals surface area (Å²) in [6.45, 7) is 4.81. The minimum absolute atomic E-state index is 0.138. The molecule has 0 N–H and O–H groups in total. The monoisotopic (exact) mass is 320 g/mol. The molecule has 0 spiro atoms. The predicted molar refractivity (Wildman–Crippen MR) is 75.6 cm³/mol. The van der Waals surface area contributed by atoms with Crippen LogP contribution in [0.4, 0.5) is 13.2 Å². The van der Waals surface area contributed by atoms with E-state index < -0.39 is 24.4 Å². The first kappa shape index (κ1) is 17.4. The van der Waals surface area contributed by atoms with E-state index in [2.05, 4.69) is 11.7 Å². The standard InChI is InChI=1S/C13H15F3N2O2S/c1-4-9(5-2)10-6-11(13(14,15)16)17-18(10)7-12(19)20-8-21-3/h4-6H,1,7-8H2,2-3H3/b9-5+. The normalized spacial score (nSPS) is 12.3. The Morgan fingerprint density at radius 3 is 2.71 bits per heavy atom. The molecule has 0 radical (unpaired) electrons. The number of hydrogen-bond donors (Lipinski definition) is 0. The van der Waals surface area contributed by atoms with Crippen LogP contribution in [-0.2, 0) is 22.3 Å². The van der Waals surface area contributed by atoms with Gasteiger partial charge in [-0.3, -0.25) is 9.48 Å². The van der Waals surface area contributed by atoms with Crippen LogP contribution in [-0.4, -0.2) is 27.9 Å². The van der Waals surface area contributed by atoms with Crippen LogP contribution in [0.25, 0.3) is 5.57 Å². The van der Waals surface area contributed by atoms with Crippen LogP contribution in [0.5, 0.6) is 0 Å². The molecule has 0 amide bonds. The maximum absolute atomic E-state index is 12.8. The highest BCUT2D eigenvalue weighted by Crippen LogP contribution is 2.30. The number of carbonyl (C=O) groups is 1. The van der Waals surface area contributed by atoms with Crippen molar-refractivity contribution in [3.63, 3.8) is 0 Å². The minimum atomic E-state index is -4.58. The molecule has 1 aromatic rings. The molecule has 1 heterocycles. The summed E-state index contributed by atoms with van der Waals surface area (Å²) in [5.41, 5.74) is -0.437. The van der Waals surface area contributed by atoms with Gasteiger partial charge >= 0.3 is 12.1 Å². The van der Waals surface area contributed by atoms with Gasteiger partial charge in [0.05, 0.1) is 5.69 Å². The number of nitrogens with zero attached hydrogens (tertiary/aromatic N) is 2. The zero-order chi connectivity index (χ0) is 16.0. The fourth-order valence-electron chi connectivity index (χ4n) is 1.57. The molecular weight excluding hydrogens is 305 g/mol. The van der Waals surface area contributed by atoms with Gasteiger partial charge in [-0.05, 0) is 24.8 Å². The van der Waals surface area contributed by atoms with Gasteiger partial charge in [0.2, 0.25) is 0 Å². The van der Waals surface area contributed by atoms with Crippen molar-refractivity contribution in [1.82, 2.24) is 9.78 Å². The van der Waals surface area contributed by atoms with Gasteiger partial charge < -0.3 is 4.74 Å². The van der Waals surface area contributed by atoms with Gasteiger partial charge in [-0.2, -0.15) is 18.3 Å². The predicted octanol–water partition coefficient (Wildman–Crippen LogP) is 3.35. The summed E-state index contributed by atoms with van der Waals surface area (Å²) in [5.74, 6) is -0.513. The highest BCUT2D eigenvalue weighted by Gasteiger charge is 2.35. The van der Waals surface area contributed by atoms with Crippen molar-refractivity contribution in [3.05, 3.63) is 36.2 Å². The highest BCUT2D eigenvalue weighted by atomic mass is 32.2. The molecular formula is C13H15F3N2O2S. The molecule has 4 nitrogen and oxygen atoms in total. The summed E-state index contributed by atoms with van der Waals surface area (Å²) in [6.07, 6.45) is 0.155. The van der Waals surface area contributed by atoms with E-state index in [1.165, 1.54) is 17.8 Å².